The summed E-state index contributed by atoms with van der Waals surface area (Å²) >= 11 is 0. The topological polar surface area (TPSA) is 26.0 Å². The standard InChI is InChI=1S/C17H27N/c1-12-9-13(2)17(14(3)10-12)16(11-18)15-7-5-4-6-8-15/h9-10,15-16H,4-8,11,18H2,1-3H3. The minimum absolute atomic E-state index is 0.575. The van der Waals surface area contributed by atoms with Gasteiger partial charge in [-0.25, -0.2) is 0 Å². The van der Waals surface area contributed by atoms with E-state index in [4.69, 9.17) is 5.73 Å². The van der Waals surface area contributed by atoms with Crippen molar-refractivity contribution in [1.29, 1.82) is 0 Å². The molecule has 0 radical (unpaired) electrons. The van der Waals surface area contributed by atoms with Gasteiger partial charge in [-0.15, -0.1) is 0 Å². The second-order valence-corrected chi connectivity index (χ2v) is 6.05. The van der Waals surface area contributed by atoms with Gasteiger partial charge in [-0.1, -0.05) is 37.0 Å². The number of aryl methyl sites for hydroxylation is 3. The molecular formula is C17H27N. The van der Waals surface area contributed by atoms with Crippen LogP contribution in [0.2, 0.25) is 0 Å². The summed E-state index contributed by atoms with van der Waals surface area (Å²) in [6.07, 6.45) is 6.94. The molecule has 1 saturated carbocycles. The van der Waals surface area contributed by atoms with Crippen molar-refractivity contribution < 1.29 is 0 Å². The molecule has 0 aromatic heterocycles. The summed E-state index contributed by atoms with van der Waals surface area (Å²) < 4.78 is 0. The Morgan fingerprint density at radius 3 is 2.11 bits per heavy atom. The summed E-state index contributed by atoms with van der Waals surface area (Å²) in [6.45, 7) is 7.49. The molecule has 1 atom stereocenters. The van der Waals surface area contributed by atoms with Gasteiger partial charge >= 0.3 is 0 Å². The lowest BCUT2D eigenvalue weighted by Crippen LogP contribution is -2.25. The summed E-state index contributed by atoms with van der Waals surface area (Å²) in [5, 5.41) is 0. The molecule has 0 aliphatic heterocycles. The number of nitrogens with two attached hydrogens (primary N) is 1. The zero-order chi connectivity index (χ0) is 13.1. The molecule has 1 aliphatic carbocycles. The van der Waals surface area contributed by atoms with Crippen molar-refractivity contribution in [1.82, 2.24) is 0 Å². The highest BCUT2D eigenvalue weighted by Crippen LogP contribution is 2.38. The van der Waals surface area contributed by atoms with Gasteiger partial charge in [0.1, 0.15) is 0 Å². The summed E-state index contributed by atoms with van der Waals surface area (Å²) in [4.78, 5) is 0. The fourth-order valence-corrected chi connectivity index (χ4v) is 3.86. The first-order valence-corrected chi connectivity index (χ1v) is 7.41. The van der Waals surface area contributed by atoms with Crippen LogP contribution in [-0.4, -0.2) is 6.54 Å². The van der Waals surface area contributed by atoms with Crippen LogP contribution in [-0.2, 0) is 0 Å². The average Bonchev–Trinajstić information content (AvgIpc) is 2.34. The van der Waals surface area contributed by atoms with E-state index in [2.05, 4.69) is 32.9 Å². The minimum Gasteiger partial charge on any atom is -0.330 e. The Labute approximate surface area is 112 Å². The van der Waals surface area contributed by atoms with Crippen molar-refractivity contribution in [2.24, 2.45) is 11.7 Å². The van der Waals surface area contributed by atoms with Gasteiger partial charge in [0, 0.05) is 0 Å². The lowest BCUT2D eigenvalue weighted by atomic mass is 9.74. The fraction of sp³-hybridized carbons (Fsp3) is 0.647. The Morgan fingerprint density at radius 1 is 1.06 bits per heavy atom. The zero-order valence-corrected chi connectivity index (χ0v) is 12.1. The molecule has 1 aromatic carbocycles. The second-order valence-electron chi connectivity index (χ2n) is 6.05. The molecule has 0 bridgehead atoms. The van der Waals surface area contributed by atoms with Gasteiger partial charge in [0.05, 0.1) is 0 Å². The quantitative estimate of drug-likeness (QED) is 0.847. The maximum absolute atomic E-state index is 6.11. The van der Waals surface area contributed by atoms with Gasteiger partial charge in [0.15, 0.2) is 0 Å². The Kier molecular flexibility index (Phi) is 4.45. The van der Waals surface area contributed by atoms with Gasteiger partial charge in [-0.3, -0.25) is 0 Å². The van der Waals surface area contributed by atoms with Crippen LogP contribution < -0.4 is 5.73 Å². The molecule has 1 nitrogen and oxygen atoms in total. The van der Waals surface area contributed by atoms with E-state index in [1.807, 2.05) is 0 Å². The number of hydrogen-bond donors (Lipinski definition) is 1. The van der Waals surface area contributed by atoms with Gasteiger partial charge in [-0.05, 0) is 68.7 Å². The van der Waals surface area contributed by atoms with E-state index < -0.39 is 0 Å². The van der Waals surface area contributed by atoms with E-state index in [-0.39, 0.29) is 0 Å². The molecule has 1 heteroatoms. The van der Waals surface area contributed by atoms with E-state index in [1.165, 1.54) is 54.4 Å². The molecule has 1 fully saturated rings. The van der Waals surface area contributed by atoms with E-state index in [9.17, 15) is 0 Å². The normalized spacial score (nSPS) is 18.9. The molecule has 2 rings (SSSR count). The Balaban J connectivity index is 2.32. The highest BCUT2D eigenvalue weighted by Gasteiger charge is 2.26. The van der Waals surface area contributed by atoms with Crippen LogP contribution in [0.5, 0.6) is 0 Å². The van der Waals surface area contributed by atoms with Crippen LogP contribution in [0.1, 0.15) is 60.3 Å². The van der Waals surface area contributed by atoms with E-state index in [1.54, 1.807) is 0 Å². The summed E-state index contributed by atoms with van der Waals surface area (Å²) in [7, 11) is 0. The van der Waals surface area contributed by atoms with Crippen LogP contribution in [0.4, 0.5) is 0 Å². The average molecular weight is 245 g/mol. The van der Waals surface area contributed by atoms with Crippen LogP contribution in [0.25, 0.3) is 0 Å². The van der Waals surface area contributed by atoms with Crippen molar-refractivity contribution in [3.8, 4) is 0 Å². The van der Waals surface area contributed by atoms with Crippen molar-refractivity contribution in [3.05, 3.63) is 34.4 Å². The number of rotatable bonds is 3. The van der Waals surface area contributed by atoms with Crippen molar-refractivity contribution in [2.75, 3.05) is 6.54 Å². The second kappa shape index (κ2) is 5.88. The molecule has 1 aliphatic rings. The van der Waals surface area contributed by atoms with Crippen LogP contribution in [0.3, 0.4) is 0 Å². The molecule has 0 saturated heterocycles. The van der Waals surface area contributed by atoms with Crippen LogP contribution >= 0.6 is 0 Å². The molecule has 0 amide bonds. The highest BCUT2D eigenvalue weighted by molar-refractivity contribution is 5.40. The van der Waals surface area contributed by atoms with Crippen molar-refractivity contribution >= 4 is 0 Å². The predicted molar refractivity (Wildman–Crippen MR) is 79.0 cm³/mol. The van der Waals surface area contributed by atoms with Crippen molar-refractivity contribution in [3.63, 3.8) is 0 Å². The molecule has 100 valence electrons. The zero-order valence-electron chi connectivity index (χ0n) is 12.1. The fourth-order valence-electron chi connectivity index (χ4n) is 3.86. The van der Waals surface area contributed by atoms with Gasteiger partial charge in [0.2, 0.25) is 0 Å². The molecule has 18 heavy (non-hydrogen) atoms. The highest BCUT2D eigenvalue weighted by atomic mass is 14.6. The van der Waals surface area contributed by atoms with Crippen LogP contribution in [0, 0.1) is 26.7 Å². The van der Waals surface area contributed by atoms with Gasteiger partial charge < -0.3 is 5.73 Å². The Hall–Kier alpha value is -0.820. The smallest absolute Gasteiger partial charge is 0.000530 e. The maximum Gasteiger partial charge on any atom is -0.000530 e. The third kappa shape index (κ3) is 2.77. The Bertz CT molecular complexity index is 379. The largest absolute Gasteiger partial charge is 0.330 e. The summed E-state index contributed by atoms with van der Waals surface area (Å²) in [6, 6.07) is 4.63. The third-order valence-corrected chi connectivity index (χ3v) is 4.58. The van der Waals surface area contributed by atoms with E-state index >= 15 is 0 Å². The predicted octanol–water partition coefficient (Wildman–Crippen LogP) is 4.23. The van der Waals surface area contributed by atoms with Gasteiger partial charge in [0.25, 0.3) is 0 Å². The molecule has 0 heterocycles. The molecule has 2 N–H and O–H groups in total. The third-order valence-electron chi connectivity index (χ3n) is 4.58. The first-order valence-electron chi connectivity index (χ1n) is 7.41. The Morgan fingerprint density at radius 2 is 1.61 bits per heavy atom. The van der Waals surface area contributed by atoms with Crippen molar-refractivity contribution in [2.45, 2.75) is 58.8 Å². The minimum atomic E-state index is 0.575. The molecular weight excluding hydrogens is 218 g/mol. The summed E-state index contributed by atoms with van der Waals surface area (Å²) in [5.74, 6) is 1.38. The molecule has 0 spiro atoms. The van der Waals surface area contributed by atoms with Gasteiger partial charge in [-0.2, -0.15) is 0 Å². The SMILES string of the molecule is Cc1cc(C)c(C(CN)C2CCCCC2)c(C)c1. The number of hydrogen-bond acceptors (Lipinski definition) is 1. The molecule has 1 aromatic rings. The van der Waals surface area contributed by atoms with Crippen LogP contribution in [0.15, 0.2) is 12.1 Å². The van der Waals surface area contributed by atoms with E-state index in [0.717, 1.165) is 12.5 Å². The lowest BCUT2D eigenvalue weighted by molar-refractivity contribution is 0.306. The number of benzene rings is 1. The monoisotopic (exact) mass is 245 g/mol. The van der Waals surface area contributed by atoms with E-state index in [0.29, 0.717) is 5.92 Å². The lowest BCUT2D eigenvalue weighted by Gasteiger charge is -2.32. The maximum atomic E-state index is 6.11. The first kappa shape index (κ1) is 13.6. The molecule has 1 unspecified atom stereocenters. The first-order chi connectivity index (χ1) is 8.63. The summed E-state index contributed by atoms with van der Waals surface area (Å²) in [5.41, 5.74) is 11.9.